The van der Waals surface area contributed by atoms with Crippen molar-refractivity contribution in [3.8, 4) is 0 Å². The monoisotopic (exact) mass is 575 g/mol. The molecule has 1 aliphatic rings. The van der Waals surface area contributed by atoms with Crippen molar-refractivity contribution in [3.63, 3.8) is 0 Å². The van der Waals surface area contributed by atoms with Crippen LogP contribution in [0.4, 0.5) is 0 Å². The summed E-state index contributed by atoms with van der Waals surface area (Å²) in [7, 11) is -0.524. The lowest BCUT2D eigenvalue weighted by molar-refractivity contribution is -0.858. The van der Waals surface area contributed by atoms with Gasteiger partial charge in [-0.15, -0.1) is 0 Å². The molecule has 1 fully saturated rings. The highest BCUT2D eigenvalue weighted by molar-refractivity contribution is 7.46. The van der Waals surface area contributed by atoms with Crippen LogP contribution in [0.1, 0.15) is 129 Å². The van der Waals surface area contributed by atoms with Crippen LogP contribution >= 0.6 is 7.82 Å². The minimum absolute atomic E-state index is 0.0925. The van der Waals surface area contributed by atoms with Gasteiger partial charge in [-0.3, -0.25) is 13.8 Å². The Kier molecular flexibility index (Phi) is 20.2. The zero-order valence-electron chi connectivity index (χ0n) is 25.5. The summed E-state index contributed by atoms with van der Waals surface area (Å²) in [5.41, 5.74) is 0.909. The van der Waals surface area contributed by atoms with Gasteiger partial charge in [-0.05, 0) is 19.3 Å². The molecule has 0 aliphatic carbocycles. The number of hydrogen-bond donors (Lipinski definition) is 0. The zero-order valence-corrected chi connectivity index (χ0v) is 26.4. The molecule has 1 rings (SSSR count). The molecule has 0 spiro atoms. The lowest BCUT2D eigenvalue weighted by atomic mass is 10.0. The third kappa shape index (κ3) is 18.9. The Bertz CT molecular complexity index is 713. The smallest absolute Gasteiger partial charge is 0.319 e. The molecule has 9 heteroatoms. The minimum Gasteiger partial charge on any atom is -0.746 e. The fraction of sp³-hybridized carbons (Fsp3) is 0.900. The van der Waals surface area contributed by atoms with Crippen LogP contribution in [0.25, 0.3) is 0 Å². The Hall–Kier alpha value is -0.920. The van der Waals surface area contributed by atoms with Crippen LogP contribution in [-0.2, 0) is 27.9 Å². The van der Waals surface area contributed by atoms with E-state index < -0.39 is 19.9 Å². The van der Waals surface area contributed by atoms with Crippen molar-refractivity contribution in [2.45, 2.75) is 136 Å². The lowest BCUT2D eigenvalue weighted by Crippen LogP contribution is -2.42. The number of nitrogens with zero attached hydrogens (tertiary/aromatic N) is 1. The van der Waals surface area contributed by atoms with Gasteiger partial charge in [0.2, 0.25) is 0 Å². The first-order valence-electron chi connectivity index (χ1n) is 15.6. The molecule has 0 radical (unpaired) electrons. The number of phosphoric acid groups is 1. The van der Waals surface area contributed by atoms with Crippen LogP contribution in [0, 0.1) is 0 Å². The summed E-state index contributed by atoms with van der Waals surface area (Å²) in [5, 5.41) is 0. The molecule has 230 valence electrons. The summed E-state index contributed by atoms with van der Waals surface area (Å²) in [6.45, 7) is 5.19. The summed E-state index contributed by atoms with van der Waals surface area (Å²) in [4.78, 5) is 24.1. The summed E-state index contributed by atoms with van der Waals surface area (Å²) in [6, 6.07) is 0. The number of esters is 1. The normalized spacial score (nSPS) is 18.5. The van der Waals surface area contributed by atoms with Crippen LogP contribution in [0.5, 0.6) is 0 Å². The predicted molar refractivity (Wildman–Crippen MR) is 155 cm³/mol. The van der Waals surface area contributed by atoms with Crippen molar-refractivity contribution in [2.24, 2.45) is 0 Å². The minimum atomic E-state index is -4.58. The standard InChI is InChI=1S/C30H58NO7P/c1-5-7-8-9-10-11-12-13-14-15-16-17-18-21-24-35-26-29(38-30(32)6-2)27-37-39(33,34)36-25-28-22-19-20-23-31(28,3)4/h25,29H,5-24,26-27H2,1-4H3. The summed E-state index contributed by atoms with van der Waals surface area (Å²) in [6.07, 6.45) is 21.7. The number of ether oxygens (including phenoxy) is 2. The molecule has 0 aromatic heterocycles. The van der Waals surface area contributed by atoms with Crippen molar-refractivity contribution < 1.29 is 37.3 Å². The number of phosphoric ester groups is 1. The largest absolute Gasteiger partial charge is 0.746 e. The van der Waals surface area contributed by atoms with Crippen molar-refractivity contribution in [1.82, 2.24) is 0 Å². The van der Waals surface area contributed by atoms with E-state index in [1.807, 2.05) is 14.1 Å². The molecular formula is C30H58NO7P. The van der Waals surface area contributed by atoms with E-state index in [4.69, 9.17) is 18.5 Å². The number of carbonyl (C=O) groups excluding carboxylic acids is 1. The first kappa shape index (κ1) is 36.1. The molecular weight excluding hydrogens is 517 g/mol. The van der Waals surface area contributed by atoms with Gasteiger partial charge in [0.25, 0.3) is 0 Å². The molecule has 0 aromatic rings. The van der Waals surface area contributed by atoms with Gasteiger partial charge < -0.3 is 23.4 Å². The Labute approximate surface area is 239 Å². The van der Waals surface area contributed by atoms with E-state index in [1.54, 1.807) is 6.92 Å². The van der Waals surface area contributed by atoms with Crippen LogP contribution in [0.15, 0.2) is 12.0 Å². The molecule has 1 aliphatic heterocycles. The topological polar surface area (TPSA) is 94.1 Å². The number of allylic oxidation sites excluding steroid dienone is 1. The van der Waals surface area contributed by atoms with Gasteiger partial charge in [-0.1, -0.05) is 97.3 Å². The maximum absolute atomic E-state index is 12.3. The van der Waals surface area contributed by atoms with Crippen molar-refractivity contribution in [2.75, 3.05) is 40.5 Å². The van der Waals surface area contributed by atoms with Crippen LogP contribution in [-0.4, -0.2) is 57.0 Å². The van der Waals surface area contributed by atoms with Gasteiger partial charge in [-0.2, -0.15) is 0 Å². The number of carbonyl (C=O) groups is 1. The second-order valence-corrected chi connectivity index (χ2v) is 12.8. The highest BCUT2D eigenvalue weighted by Crippen LogP contribution is 2.40. The van der Waals surface area contributed by atoms with Crippen LogP contribution in [0.3, 0.4) is 0 Å². The SMILES string of the molecule is CCCCCCCCCCCCCCCCOCC(COP(=O)([O-])OC=C1CCCC[N+]1(C)C)OC(=O)CC. The van der Waals surface area contributed by atoms with Gasteiger partial charge >= 0.3 is 13.8 Å². The third-order valence-electron chi connectivity index (χ3n) is 7.45. The Morgan fingerprint density at radius 3 is 2.00 bits per heavy atom. The average Bonchev–Trinajstić information content (AvgIpc) is 2.90. The van der Waals surface area contributed by atoms with E-state index in [0.717, 1.165) is 44.3 Å². The second kappa shape index (κ2) is 21.8. The van der Waals surface area contributed by atoms with Crippen molar-refractivity contribution in [3.05, 3.63) is 12.0 Å². The predicted octanol–water partition coefficient (Wildman–Crippen LogP) is 7.41. The lowest BCUT2D eigenvalue weighted by Gasteiger charge is -2.35. The van der Waals surface area contributed by atoms with Gasteiger partial charge in [0.15, 0.2) is 0 Å². The van der Waals surface area contributed by atoms with E-state index in [0.29, 0.717) is 11.1 Å². The summed E-state index contributed by atoms with van der Waals surface area (Å²) in [5.74, 6) is -0.422. The molecule has 2 atom stereocenters. The van der Waals surface area contributed by atoms with Gasteiger partial charge in [0.1, 0.15) is 18.1 Å². The molecule has 0 aromatic carbocycles. The Morgan fingerprint density at radius 1 is 0.897 bits per heavy atom. The molecule has 1 saturated heterocycles. The van der Waals surface area contributed by atoms with Crippen LogP contribution < -0.4 is 4.89 Å². The molecule has 0 amide bonds. The van der Waals surface area contributed by atoms with Crippen molar-refractivity contribution >= 4 is 13.8 Å². The average molecular weight is 576 g/mol. The number of likely N-dealkylation sites (tertiary alicyclic amines) is 1. The van der Waals surface area contributed by atoms with E-state index in [2.05, 4.69) is 6.92 Å². The molecule has 39 heavy (non-hydrogen) atoms. The molecule has 2 unspecified atom stereocenters. The fourth-order valence-corrected chi connectivity index (χ4v) is 5.45. The molecule has 0 bridgehead atoms. The Balaban J connectivity index is 2.18. The second-order valence-electron chi connectivity index (χ2n) is 11.5. The first-order valence-corrected chi connectivity index (χ1v) is 17.1. The van der Waals surface area contributed by atoms with E-state index in [9.17, 15) is 14.3 Å². The summed E-state index contributed by atoms with van der Waals surface area (Å²) >= 11 is 0. The molecule has 0 saturated carbocycles. The molecule has 0 N–H and O–H groups in total. The number of hydrogen-bond acceptors (Lipinski definition) is 7. The maximum Gasteiger partial charge on any atom is 0.319 e. The van der Waals surface area contributed by atoms with Gasteiger partial charge in [-0.25, -0.2) is 0 Å². The number of rotatable bonds is 24. The Morgan fingerprint density at radius 2 is 1.46 bits per heavy atom. The van der Waals surface area contributed by atoms with Gasteiger partial charge in [0.05, 0.1) is 33.9 Å². The number of quaternary nitrogens is 1. The zero-order chi connectivity index (χ0) is 28.8. The first-order chi connectivity index (χ1) is 18.7. The van der Waals surface area contributed by atoms with Gasteiger partial charge in [0, 0.05) is 19.4 Å². The molecule has 8 nitrogen and oxygen atoms in total. The van der Waals surface area contributed by atoms with Crippen LogP contribution in [0.2, 0.25) is 0 Å². The highest BCUT2D eigenvalue weighted by Gasteiger charge is 2.27. The van der Waals surface area contributed by atoms with E-state index >= 15 is 0 Å². The fourth-order valence-electron chi connectivity index (χ4n) is 4.79. The van der Waals surface area contributed by atoms with Crippen molar-refractivity contribution in [1.29, 1.82) is 0 Å². The maximum atomic E-state index is 12.3. The third-order valence-corrected chi connectivity index (χ3v) is 8.28. The number of piperidine rings is 1. The number of unbranched alkanes of at least 4 members (excludes halogenated alkanes) is 13. The van der Waals surface area contributed by atoms with E-state index in [-0.39, 0.29) is 19.6 Å². The van der Waals surface area contributed by atoms with E-state index in [1.165, 1.54) is 83.3 Å². The quantitative estimate of drug-likeness (QED) is 0.0389. The summed E-state index contributed by atoms with van der Waals surface area (Å²) < 4.78 is 34.0. The highest BCUT2D eigenvalue weighted by atomic mass is 31.2. The molecule has 1 heterocycles.